The summed E-state index contributed by atoms with van der Waals surface area (Å²) in [6, 6.07) is 23.1. The van der Waals surface area contributed by atoms with Gasteiger partial charge in [-0.25, -0.2) is 4.98 Å². The van der Waals surface area contributed by atoms with Gasteiger partial charge in [-0.3, -0.25) is 4.79 Å². The zero-order chi connectivity index (χ0) is 19.3. The van der Waals surface area contributed by atoms with Crippen molar-refractivity contribution in [3.05, 3.63) is 78.4 Å². The lowest BCUT2D eigenvalue weighted by Gasteiger charge is -2.08. The molecule has 1 aromatic heterocycles. The summed E-state index contributed by atoms with van der Waals surface area (Å²) in [5.74, 6) is 0.551. The summed E-state index contributed by atoms with van der Waals surface area (Å²) < 4.78 is 6.77. The van der Waals surface area contributed by atoms with Crippen LogP contribution in [0.5, 0.6) is 5.75 Å². The number of para-hydroxylation sites is 1. The van der Waals surface area contributed by atoms with Gasteiger partial charge in [0, 0.05) is 16.8 Å². The Bertz CT molecular complexity index is 1070. The Morgan fingerprint density at radius 3 is 2.64 bits per heavy atom. The lowest BCUT2D eigenvalue weighted by atomic mass is 10.1. The molecule has 0 aliphatic heterocycles. The SMILES string of the molecule is CCCOc1cccc(C(=O)Nc2ccc(-c3nc4ccccc4s3)cc2)c1. The van der Waals surface area contributed by atoms with Crippen LogP contribution in [0.2, 0.25) is 0 Å². The van der Waals surface area contributed by atoms with E-state index >= 15 is 0 Å². The van der Waals surface area contributed by atoms with Gasteiger partial charge in [-0.1, -0.05) is 25.1 Å². The molecule has 0 spiro atoms. The summed E-state index contributed by atoms with van der Waals surface area (Å²) in [5, 5.41) is 3.91. The highest BCUT2D eigenvalue weighted by Crippen LogP contribution is 2.30. The zero-order valence-corrected chi connectivity index (χ0v) is 16.3. The molecule has 1 amide bonds. The number of benzene rings is 3. The van der Waals surface area contributed by atoms with E-state index in [1.807, 2.05) is 54.6 Å². The van der Waals surface area contributed by atoms with E-state index in [9.17, 15) is 4.79 Å². The van der Waals surface area contributed by atoms with Crippen LogP contribution < -0.4 is 10.1 Å². The van der Waals surface area contributed by atoms with Crippen molar-refractivity contribution in [2.75, 3.05) is 11.9 Å². The van der Waals surface area contributed by atoms with Gasteiger partial charge in [-0.05, 0) is 61.0 Å². The monoisotopic (exact) mass is 388 g/mol. The summed E-state index contributed by atoms with van der Waals surface area (Å²) in [4.78, 5) is 17.2. The highest BCUT2D eigenvalue weighted by molar-refractivity contribution is 7.21. The molecule has 1 N–H and O–H groups in total. The van der Waals surface area contributed by atoms with Crippen LogP contribution >= 0.6 is 11.3 Å². The van der Waals surface area contributed by atoms with E-state index in [4.69, 9.17) is 4.74 Å². The van der Waals surface area contributed by atoms with E-state index in [0.717, 1.165) is 28.2 Å². The van der Waals surface area contributed by atoms with Crippen LogP contribution in [-0.2, 0) is 0 Å². The van der Waals surface area contributed by atoms with Crippen molar-refractivity contribution < 1.29 is 9.53 Å². The number of nitrogens with one attached hydrogen (secondary N) is 1. The molecular weight excluding hydrogens is 368 g/mol. The number of carbonyl (C=O) groups excluding carboxylic acids is 1. The molecule has 0 bridgehead atoms. The van der Waals surface area contributed by atoms with Crippen LogP contribution in [0.3, 0.4) is 0 Å². The van der Waals surface area contributed by atoms with Crippen molar-refractivity contribution in [3.8, 4) is 16.3 Å². The van der Waals surface area contributed by atoms with Crippen LogP contribution in [0, 0.1) is 0 Å². The summed E-state index contributed by atoms with van der Waals surface area (Å²) in [5.41, 5.74) is 3.36. The number of anilines is 1. The Morgan fingerprint density at radius 2 is 1.86 bits per heavy atom. The molecule has 3 aromatic carbocycles. The van der Waals surface area contributed by atoms with E-state index in [-0.39, 0.29) is 5.91 Å². The predicted octanol–water partition coefficient (Wildman–Crippen LogP) is 6.00. The van der Waals surface area contributed by atoms with Crippen LogP contribution in [0.1, 0.15) is 23.7 Å². The van der Waals surface area contributed by atoms with Crippen molar-refractivity contribution >= 4 is 33.1 Å². The topological polar surface area (TPSA) is 51.2 Å². The molecule has 5 heteroatoms. The molecule has 1 heterocycles. The van der Waals surface area contributed by atoms with E-state index in [0.29, 0.717) is 17.9 Å². The number of carbonyl (C=O) groups is 1. The quantitative estimate of drug-likeness (QED) is 0.440. The first-order chi connectivity index (χ1) is 13.7. The number of fused-ring (bicyclic) bond motifs is 1. The van der Waals surface area contributed by atoms with Crippen LogP contribution in [0.25, 0.3) is 20.8 Å². The number of thiazole rings is 1. The molecule has 4 rings (SSSR count). The first-order valence-electron chi connectivity index (χ1n) is 9.23. The average molecular weight is 388 g/mol. The fourth-order valence-electron chi connectivity index (χ4n) is 2.84. The zero-order valence-electron chi connectivity index (χ0n) is 15.5. The number of rotatable bonds is 6. The normalized spacial score (nSPS) is 10.8. The highest BCUT2D eigenvalue weighted by atomic mass is 32.1. The van der Waals surface area contributed by atoms with Gasteiger partial charge in [-0.15, -0.1) is 11.3 Å². The predicted molar refractivity (Wildman–Crippen MR) is 115 cm³/mol. The van der Waals surface area contributed by atoms with Crippen molar-refractivity contribution in [3.63, 3.8) is 0 Å². The minimum absolute atomic E-state index is 0.158. The first-order valence-corrected chi connectivity index (χ1v) is 10.0. The Labute approximate surface area is 167 Å². The minimum atomic E-state index is -0.158. The maximum Gasteiger partial charge on any atom is 0.255 e. The van der Waals surface area contributed by atoms with Gasteiger partial charge in [0.2, 0.25) is 0 Å². The molecule has 4 nitrogen and oxygen atoms in total. The average Bonchev–Trinajstić information content (AvgIpc) is 3.17. The van der Waals surface area contributed by atoms with Gasteiger partial charge < -0.3 is 10.1 Å². The molecule has 0 saturated heterocycles. The van der Waals surface area contributed by atoms with E-state index < -0.39 is 0 Å². The number of hydrogen-bond acceptors (Lipinski definition) is 4. The highest BCUT2D eigenvalue weighted by Gasteiger charge is 2.09. The molecular formula is C23H20N2O2S. The Hall–Kier alpha value is -3.18. The van der Waals surface area contributed by atoms with Gasteiger partial charge in [-0.2, -0.15) is 0 Å². The Morgan fingerprint density at radius 1 is 1.04 bits per heavy atom. The third kappa shape index (κ3) is 4.05. The maximum absolute atomic E-state index is 12.5. The van der Waals surface area contributed by atoms with Crippen LogP contribution in [-0.4, -0.2) is 17.5 Å². The number of nitrogens with zero attached hydrogens (tertiary/aromatic N) is 1. The molecule has 0 atom stereocenters. The van der Waals surface area contributed by atoms with Crippen molar-refractivity contribution in [2.45, 2.75) is 13.3 Å². The molecule has 0 unspecified atom stereocenters. The largest absolute Gasteiger partial charge is 0.494 e. The summed E-state index contributed by atoms with van der Waals surface area (Å²) in [7, 11) is 0. The molecule has 0 aliphatic rings. The number of amides is 1. The number of ether oxygens (including phenoxy) is 1. The molecule has 28 heavy (non-hydrogen) atoms. The standard InChI is InChI=1S/C23H20N2O2S/c1-2-14-27-19-7-5-6-17(15-19)22(26)24-18-12-10-16(11-13-18)23-25-20-8-3-4-9-21(20)28-23/h3-13,15H,2,14H2,1H3,(H,24,26). The second-order valence-electron chi connectivity index (χ2n) is 6.39. The summed E-state index contributed by atoms with van der Waals surface area (Å²) in [6.07, 6.45) is 0.928. The van der Waals surface area contributed by atoms with Gasteiger partial charge >= 0.3 is 0 Å². The molecule has 140 valence electrons. The third-order valence-electron chi connectivity index (χ3n) is 4.25. The molecule has 0 radical (unpaired) electrons. The summed E-state index contributed by atoms with van der Waals surface area (Å²) in [6.45, 7) is 2.69. The van der Waals surface area contributed by atoms with E-state index in [1.165, 1.54) is 4.70 Å². The Balaban J connectivity index is 1.47. The van der Waals surface area contributed by atoms with Gasteiger partial charge in [0.15, 0.2) is 0 Å². The third-order valence-corrected chi connectivity index (χ3v) is 5.34. The summed E-state index contributed by atoms with van der Waals surface area (Å²) >= 11 is 1.66. The molecule has 4 aromatic rings. The van der Waals surface area contributed by atoms with Crippen molar-refractivity contribution in [1.29, 1.82) is 0 Å². The fraction of sp³-hybridized carbons (Fsp3) is 0.130. The van der Waals surface area contributed by atoms with Crippen molar-refractivity contribution in [2.24, 2.45) is 0 Å². The van der Waals surface area contributed by atoms with E-state index in [2.05, 4.69) is 23.3 Å². The smallest absolute Gasteiger partial charge is 0.255 e. The fourth-order valence-corrected chi connectivity index (χ4v) is 3.81. The molecule has 0 fully saturated rings. The van der Waals surface area contributed by atoms with E-state index in [1.54, 1.807) is 23.5 Å². The minimum Gasteiger partial charge on any atom is -0.494 e. The second-order valence-corrected chi connectivity index (χ2v) is 7.43. The molecule has 0 saturated carbocycles. The number of aromatic nitrogens is 1. The van der Waals surface area contributed by atoms with Crippen molar-refractivity contribution in [1.82, 2.24) is 4.98 Å². The van der Waals surface area contributed by atoms with Gasteiger partial charge in [0.05, 0.1) is 16.8 Å². The van der Waals surface area contributed by atoms with Gasteiger partial charge in [0.1, 0.15) is 10.8 Å². The lowest BCUT2D eigenvalue weighted by Crippen LogP contribution is -2.12. The lowest BCUT2D eigenvalue weighted by molar-refractivity contribution is 0.102. The maximum atomic E-state index is 12.5. The number of hydrogen-bond donors (Lipinski definition) is 1. The Kier molecular flexibility index (Phi) is 5.35. The van der Waals surface area contributed by atoms with Crippen LogP contribution in [0.4, 0.5) is 5.69 Å². The van der Waals surface area contributed by atoms with Gasteiger partial charge in [0.25, 0.3) is 5.91 Å². The second kappa shape index (κ2) is 8.23. The molecule has 0 aliphatic carbocycles. The first kappa shape index (κ1) is 18.2. The van der Waals surface area contributed by atoms with Crippen LogP contribution in [0.15, 0.2) is 72.8 Å².